The third-order valence-corrected chi connectivity index (χ3v) is 2.07. The van der Waals surface area contributed by atoms with Gasteiger partial charge in [-0.05, 0) is 39.0 Å². The molecule has 0 saturated carbocycles. The quantitative estimate of drug-likeness (QED) is 0.892. The lowest BCUT2D eigenvalue weighted by atomic mass is 10.2. The molecule has 0 heterocycles. The maximum Gasteiger partial charge on any atom is 0.412 e. The summed E-state index contributed by atoms with van der Waals surface area (Å²) >= 11 is 5.67. The van der Waals surface area contributed by atoms with Gasteiger partial charge in [0.2, 0.25) is 0 Å². The molecule has 0 aliphatic rings. The first-order valence-electron chi connectivity index (χ1n) is 5.20. The number of ether oxygens (including phenoxy) is 1. The SMILES string of the molecule is CC(C)(C)OC(=O)Nc1ccc(Cl)cc1C(=O)[O-]. The Balaban J connectivity index is 2.91. The highest BCUT2D eigenvalue weighted by atomic mass is 35.5. The fraction of sp³-hybridized carbons (Fsp3) is 0.333. The topological polar surface area (TPSA) is 78.5 Å². The number of carboxylic acids is 1. The van der Waals surface area contributed by atoms with Crippen LogP contribution in [0, 0.1) is 0 Å². The van der Waals surface area contributed by atoms with Crippen LogP contribution in [0.5, 0.6) is 0 Å². The van der Waals surface area contributed by atoms with Crippen LogP contribution in [-0.4, -0.2) is 17.7 Å². The predicted octanol–water partition coefficient (Wildman–Crippen LogP) is 2.05. The highest BCUT2D eigenvalue weighted by molar-refractivity contribution is 6.31. The van der Waals surface area contributed by atoms with E-state index in [1.807, 2.05) is 0 Å². The van der Waals surface area contributed by atoms with Crippen molar-refractivity contribution >= 4 is 29.4 Å². The summed E-state index contributed by atoms with van der Waals surface area (Å²) in [5, 5.41) is 13.5. The van der Waals surface area contributed by atoms with Gasteiger partial charge in [-0.2, -0.15) is 0 Å². The smallest absolute Gasteiger partial charge is 0.412 e. The van der Waals surface area contributed by atoms with E-state index >= 15 is 0 Å². The monoisotopic (exact) mass is 270 g/mol. The Morgan fingerprint density at radius 1 is 1.33 bits per heavy atom. The van der Waals surface area contributed by atoms with Crippen LogP contribution in [0.25, 0.3) is 0 Å². The number of carbonyl (C=O) groups is 2. The number of aromatic carboxylic acids is 1. The van der Waals surface area contributed by atoms with Gasteiger partial charge < -0.3 is 14.6 Å². The lowest BCUT2D eigenvalue weighted by Crippen LogP contribution is -2.29. The van der Waals surface area contributed by atoms with Crippen molar-refractivity contribution < 1.29 is 19.4 Å². The minimum absolute atomic E-state index is 0.0775. The summed E-state index contributed by atoms with van der Waals surface area (Å²) in [7, 11) is 0. The highest BCUT2D eigenvalue weighted by Gasteiger charge is 2.17. The highest BCUT2D eigenvalue weighted by Crippen LogP contribution is 2.21. The van der Waals surface area contributed by atoms with E-state index in [0.717, 1.165) is 0 Å². The van der Waals surface area contributed by atoms with Crippen LogP contribution in [0.1, 0.15) is 31.1 Å². The molecule has 1 aromatic carbocycles. The predicted molar refractivity (Wildman–Crippen MR) is 65.6 cm³/mol. The van der Waals surface area contributed by atoms with Gasteiger partial charge in [0.25, 0.3) is 0 Å². The van der Waals surface area contributed by atoms with Crippen LogP contribution in [0.2, 0.25) is 5.02 Å². The van der Waals surface area contributed by atoms with Crippen molar-refractivity contribution in [2.75, 3.05) is 5.32 Å². The van der Waals surface area contributed by atoms with E-state index in [9.17, 15) is 14.7 Å². The summed E-state index contributed by atoms with van der Waals surface area (Å²) in [6, 6.07) is 4.03. The number of anilines is 1. The van der Waals surface area contributed by atoms with Gasteiger partial charge in [-0.15, -0.1) is 0 Å². The van der Waals surface area contributed by atoms with Crippen LogP contribution in [0.3, 0.4) is 0 Å². The molecule has 1 amide bonds. The molecule has 0 unspecified atom stereocenters. The van der Waals surface area contributed by atoms with Gasteiger partial charge >= 0.3 is 6.09 Å². The van der Waals surface area contributed by atoms with Gasteiger partial charge in [-0.25, -0.2) is 4.79 Å². The van der Waals surface area contributed by atoms with E-state index in [2.05, 4.69) is 5.32 Å². The Bertz CT molecular complexity index is 479. The Labute approximate surface area is 110 Å². The number of halogens is 1. The molecule has 0 fully saturated rings. The van der Waals surface area contributed by atoms with Gasteiger partial charge in [0, 0.05) is 10.6 Å². The molecule has 0 saturated heterocycles. The maximum absolute atomic E-state index is 11.5. The van der Waals surface area contributed by atoms with E-state index in [1.165, 1.54) is 18.2 Å². The molecule has 0 bridgehead atoms. The van der Waals surface area contributed by atoms with E-state index < -0.39 is 17.7 Å². The summed E-state index contributed by atoms with van der Waals surface area (Å²) < 4.78 is 5.01. The molecule has 0 aliphatic carbocycles. The molecule has 1 aromatic rings. The van der Waals surface area contributed by atoms with E-state index in [0.29, 0.717) is 0 Å². The summed E-state index contributed by atoms with van der Waals surface area (Å²) in [5.74, 6) is -1.43. The normalized spacial score (nSPS) is 10.9. The first-order valence-corrected chi connectivity index (χ1v) is 5.58. The number of amides is 1. The molecular weight excluding hydrogens is 258 g/mol. The van der Waals surface area contributed by atoms with Gasteiger partial charge in [-0.3, -0.25) is 5.32 Å². The number of nitrogens with one attached hydrogen (secondary N) is 1. The van der Waals surface area contributed by atoms with Crippen LogP contribution >= 0.6 is 11.6 Å². The van der Waals surface area contributed by atoms with Crippen molar-refractivity contribution in [3.63, 3.8) is 0 Å². The third-order valence-electron chi connectivity index (χ3n) is 1.84. The van der Waals surface area contributed by atoms with Crippen molar-refractivity contribution in [1.82, 2.24) is 0 Å². The zero-order chi connectivity index (χ0) is 13.9. The molecule has 98 valence electrons. The lowest BCUT2D eigenvalue weighted by Gasteiger charge is -2.20. The fourth-order valence-corrected chi connectivity index (χ4v) is 1.38. The standard InChI is InChI=1S/C12H14ClNO4/c1-12(2,3)18-11(17)14-9-5-4-7(13)6-8(9)10(15)16/h4-6H,1-3H3,(H,14,17)(H,15,16)/p-1. The fourth-order valence-electron chi connectivity index (χ4n) is 1.21. The molecule has 0 aromatic heterocycles. The molecule has 0 spiro atoms. The second-order valence-corrected chi connectivity index (χ2v) is 5.04. The van der Waals surface area contributed by atoms with Crippen molar-refractivity contribution in [1.29, 1.82) is 0 Å². The number of carbonyl (C=O) groups excluding carboxylic acids is 2. The van der Waals surface area contributed by atoms with Gasteiger partial charge in [0.15, 0.2) is 0 Å². The molecule has 0 radical (unpaired) electrons. The first-order chi connectivity index (χ1) is 8.19. The molecule has 0 atom stereocenters. The minimum Gasteiger partial charge on any atom is -0.545 e. The van der Waals surface area contributed by atoms with Crippen molar-refractivity contribution in [2.45, 2.75) is 26.4 Å². The molecule has 0 aliphatic heterocycles. The zero-order valence-corrected chi connectivity index (χ0v) is 11.0. The average molecular weight is 271 g/mol. The van der Waals surface area contributed by atoms with Crippen LogP contribution < -0.4 is 10.4 Å². The molecule has 6 heteroatoms. The number of rotatable bonds is 2. The van der Waals surface area contributed by atoms with Crippen LogP contribution in [0.15, 0.2) is 18.2 Å². The van der Waals surface area contributed by atoms with Gasteiger partial charge in [0.05, 0.1) is 11.7 Å². The van der Waals surface area contributed by atoms with Crippen LogP contribution in [0.4, 0.5) is 10.5 Å². The van der Waals surface area contributed by atoms with Crippen molar-refractivity contribution in [3.8, 4) is 0 Å². The van der Waals surface area contributed by atoms with E-state index in [1.54, 1.807) is 20.8 Å². The Hall–Kier alpha value is -1.75. The third kappa shape index (κ3) is 4.25. The second kappa shape index (κ2) is 5.27. The van der Waals surface area contributed by atoms with Crippen molar-refractivity contribution in [3.05, 3.63) is 28.8 Å². The largest absolute Gasteiger partial charge is 0.545 e. The molecular formula is C12H13ClNO4-. The Morgan fingerprint density at radius 2 is 1.94 bits per heavy atom. The maximum atomic E-state index is 11.5. The molecule has 5 nitrogen and oxygen atoms in total. The van der Waals surface area contributed by atoms with E-state index in [4.69, 9.17) is 16.3 Å². The number of hydrogen-bond acceptors (Lipinski definition) is 4. The number of carboxylic acid groups (broad SMARTS) is 1. The van der Waals surface area contributed by atoms with Gasteiger partial charge in [0.1, 0.15) is 5.60 Å². The number of benzene rings is 1. The van der Waals surface area contributed by atoms with Gasteiger partial charge in [-0.1, -0.05) is 11.6 Å². The van der Waals surface area contributed by atoms with E-state index in [-0.39, 0.29) is 16.3 Å². The zero-order valence-electron chi connectivity index (χ0n) is 10.2. The first kappa shape index (κ1) is 14.3. The molecule has 1 N–H and O–H groups in total. The number of hydrogen-bond donors (Lipinski definition) is 1. The summed E-state index contributed by atoms with van der Waals surface area (Å²) in [6.07, 6.45) is -0.743. The van der Waals surface area contributed by atoms with Crippen molar-refractivity contribution in [2.24, 2.45) is 0 Å². The summed E-state index contributed by atoms with van der Waals surface area (Å²) in [5.41, 5.74) is -0.792. The second-order valence-electron chi connectivity index (χ2n) is 4.60. The molecule has 1 rings (SSSR count). The lowest BCUT2D eigenvalue weighted by molar-refractivity contribution is -0.254. The Kier molecular flexibility index (Phi) is 4.19. The Morgan fingerprint density at radius 3 is 2.44 bits per heavy atom. The molecule has 18 heavy (non-hydrogen) atoms. The average Bonchev–Trinajstić information content (AvgIpc) is 2.17. The van der Waals surface area contributed by atoms with Crippen LogP contribution in [-0.2, 0) is 4.74 Å². The summed E-state index contributed by atoms with van der Waals surface area (Å²) in [6.45, 7) is 5.11. The summed E-state index contributed by atoms with van der Waals surface area (Å²) in [4.78, 5) is 22.4. The minimum atomic E-state index is -1.43.